The maximum atomic E-state index is 12.1. The van der Waals surface area contributed by atoms with E-state index in [1.54, 1.807) is 38.5 Å². The molecule has 3 rings (SSSR count). The average Bonchev–Trinajstić information content (AvgIpc) is 2.67. The molecule has 28 heavy (non-hydrogen) atoms. The van der Waals surface area contributed by atoms with Gasteiger partial charge in [-0.15, -0.1) is 0 Å². The first-order valence-electron chi connectivity index (χ1n) is 8.74. The van der Waals surface area contributed by atoms with Gasteiger partial charge in [-0.1, -0.05) is 6.07 Å². The quantitative estimate of drug-likeness (QED) is 0.533. The first-order chi connectivity index (χ1) is 13.5. The topological polar surface area (TPSA) is 114 Å². The van der Waals surface area contributed by atoms with Gasteiger partial charge in [-0.3, -0.25) is 9.59 Å². The summed E-state index contributed by atoms with van der Waals surface area (Å²) in [6.45, 7) is 2.57. The van der Waals surface area contributed by atoms with Gasteiger partial charge in [-0.2, -0.15) is 0 Å². The summed E-state index contributed by atoms with van der Waals surface area (Å²) in [5.74, 6) is 2.12. The van der Waals surface area contributed by atoms with Crippen LogP contribution in [0.25, 0.3) is 0 Å². The van der Waals surface area contributed by atoms with Crippen molar-refractivity contribution in [1.82, 2.24) is 24.8 Å². The molecule has 0 aliphatic rings. The van der Waals surface area contributed by atoms with Crippen molar-refractivity contribution in [2.24, 2.45) is 7.05 Å². The van der Waals surface area contributed by atoms with Crippen molar-refractivity contribution in [2.45, 2.75) is 6.92 Å². The van der Waals surface area contributed by atoms with Gasteiger partial charge < -0.3 is 20.5 Å². The van der Waals surface area contributed by atoms with Crippen LogP contribution in [0.4, 0.5) is 17.5 Å². The van der Waals surface area contributed by atoms with Gasteiger partial charge in [0, 0.05) is 38.6 Å². The van der Waals surface area contributed by atoms with E-state index in [1.165, 1.54) is 10.6 Å². The minimum absolute atomic E-state index is 0.115. The number of aromatic nitrogens is 4. The van der Waals surface area contributed by atoms with E-state index in [2.05, 4.69) is 30.9 Å². The molecular weight excluding hydrogens is 358 g/mol. The molecule has 0 unspecified atom stereocenters. The van der Waals surface area contributed by atoms with E-state index in [0.717, 1.165) is 0 Å². The lowest BCUT2D eigenvalue weighted by molar-refractivity contribution is 0.0953. The highest BCUT2D eigenvalue weighted by Crippen LogP contribution is 2.15. The maximum Gasteiger partial charge on any atom is 0.263 e. The molecule has 0 aromatic carbocycles. The molecule has 0 atom stereocenters. The highest BCUT2D eigenvalue weighted by Gasteiger charge is 2.10. The molecule has 0 aliphatic heterocycles. The van der Waals surface area contributed by atoms with Crippen LogP contribution in [0.2, 0.25) is 0 Å². The third kappa shape index (κ3) is 4.91. The Labute approximate surface area is 161 Å². The Morgan fingerprint density at radius 2 is 1.89 bits per heavy atom. The van der Waals surface area contributed by atoms with Crippen molar-refractivity contribution in [3.8, 4) is 0 Å². The number of carbonyl (C=O) groups is 1. The predicted molar refractivity (Wildman–Crippen MR) is 107 cm³/mol. The number of rotatable bonds is 7. The molecule has 1 amide bonds. The molecule has 0 radical (unpaired) electrons. The van der Waals surface area contributed by atoms with E-state index in [9.17, 15) is 9.59 Å². The lowest BCUT2D eigenvalue weighted by Crippen LogP contribution is -2.34. The number of hydrogen-bond acceptors (Lipinski definition) is 7. The number of carbonyl (C=O) groups excluding carboxylic acids is 1. The molecular formula is C19H21N7O2. The molecule has 0 aliphatic carbocycles. The van der Waals surface area contributed by atoms with Gasteiger partial charge >= 0.3 is 0 Å². The van der Waals surface area contributed by atoms with Crippen molar-refractivity contribution >= 4 is 23.4 Å². The van der Waals surface area contributed by atoms with Crippen molar-refractivity contribution in [3.63, 3.8) is 0 Å². The van der Waals surface area contributed by atoms with Crippen molar-refractivity contribution in [1.29, 1.82) is 0 Å². The second kappa shape index (κ2) is 8.76. The second-order valence-corrected chi connectivity index (χ2v) is 6.05. The zero-order valence-corrected chi connectivity index (χ0v) is 15.6. The summed E-state index contributed by atoms with van der Waals surface area (Å²) in [6, 6.07) is 10.5. The normalized spacial score (nSPS) is 10.4. The van der Waals surface area contributed by atoms with Crippen LogP contribution >= 0.6 is 0 Å². The lowest BCUT2D eigenvalue weighted by Gasteiger charge is -2.10. The van der Waals surface area contributed by atoms with Crippen LogP contribution in [-0.2, 0) is 7.05 Å². The summed E-state index contributed by atoms with van der Waals surface area (Å²) < 4.78 is 1.37. The van der Waals surface area contributed by atoms with Gasteiger partial charge in [0.25, 0.3) is 11.5 Å². The highest BCUT2D eigenvalue weighted by molar-refractivity contribution is 5.93. The van der Waals surface area contributed by atoms with Gasteiger partial charge in [-0.05, 0) is 31.2 Å². The van der Waals surface area contributed by atoms with Crippen LogP contribution in [0.1, 0.15) is 16.2 Å². The number of amides is 1. The van der Waals surface area contributed by atoms with E-state index in [1.807, 2.05) is 18.2 Å². The van der Waals surface area contributed by atoms with E-state index in [-0.39, 0.29) is 11.1 Å². The van der Waals surface area contributed by atoms with Crippen LogP contribution in [0.5, 0.6) is 0 Å². The van der Waals surface area contributed by atoms with Crippen molar-refractivity contribution in [2.75, 3.05) is 23.7 Å². The monoisotopic (exact) mass is 379 g/mol. The Bertz CT molecular complexity index is 1020. The first kappa shape index (κ1) is 19.0. The highest BCUT2D eigenvalue weighted by atomic mass is 16.2. The molecule has 3 N–H and O–H groups in total. The maximum absolute atomic E-state index is 12.1. The first-order valence-corrected chi connectivity index (χ1v) is 8.74. The summed E-state index contributed by atoms with van der Waals surface area (Å²) in [7, 11) is 1.61. The molecule has 0 bridgehead atoms. The van der Waals surface area contributed by atoms with Crippen molar-refractivity contribution < 1.29 is 4.79 Å². The van der Waals surface area contributed by atoms with Crippen molar-refractivity contribution in [3.05, 3.63) is 70.5 Å². The molecule has 3 aromatic rings. The van der Waals surface area contributed by atoms with Gasteiger partial charge in [0.2, 0.25) is 0 Å². The summed E-state index contributed by atoms with van der Waals surface area (Å²) in [6.07, 6.45) is 3.30. The fraction of sp³-hybridized carbons (Fsp3) is 0.211. The number of anilines is 3. The van der Waals surface area contributed by atoms with Crippen LogP contribution in [0, 0.1) is 6.92 Å². The molecule has 3 heterocycles. The van der Waals surface area contributed by atoms with Gasteiger partial charge in [0.05, 0.1) is 0 Å². The van der Waals surface area contributed by atoms with Crippen LogP contribution in [0.15, 0.2) is 53.6 Å². The number of aryl methyl sites for hydroxylation is 2. The molecule has 0 spiro atoms. The Morgan fingerprint density at radius 3 is 2.68 bits per heavy atom. The number of hydrogen-bond donors (Lipinski definition) is 3. The molecule has 9 nitrogen and oxygen atoms in total. The van der Waals surface area contributed by atoms with Crippen LogP contribution < -0.4 is 21.5 Å². The van der Waals surface area contributed by atoms with E-state index < -0.39 is 5.91 Å². The molecule has 0 saturated carbocycles. The third-order valence-corrected chi connectivity index (χ3v) is 3.84. The SMILES string of the molecule is Cc1nc(NCCNC(=O)c2cccn(C)c2=O)cc(Nc2ccccn2)n1. The average molecular weight is 379 g/mol. The zero-order chi connectivity index (χ0) is 19.9. The molecule has 0 saturated heterocycles. The summed E-state index contributed by atoms with van der Waals surface area (Å²) in [5, 5.41) is 8.98. The van der Waals surface area contributed by atoms with Gasteiger partial charge in [0.1, 0.15) is 28.8 Å². The predicted octanol–water partition coefficient (Wildman–Crippen LogP) is 1.46. The van der Waals surface area contributed by atoms with E-state index >= 15 is 0 Å². The Balaban J connectivity index is 1.55. The van der Waals surface area contributed by atoms with Crippen LogP contribution in [0.3, 0.4) is 0 Å². The third-order valence-electron chi connectivity index (χ3n) is 3.84. The second-order valence-electron chi connectivity index (χ2n) is 6.05. The minimum atomic E-state index is -0.403. The lowest BCUT2D eigenvalue weighted by atomic mass is 10.2. The minimum Gasteiger partial charge on any atom is -0.368 e. The number of nitrogens with one attached hydrogen (secondary N) is 3. The van der Waals surface area contributed by atoms with Gasteiger partial charge in [0.15, 0.2) is 0 Å². The summed E-state index contributed by atoms with van der Waals surface area (Å²) >= 11 is 0. The van der Waals surface area contributed by atoms with Gasteiger partial charge in [-0.25, -0.2) is 15.0 Å². The molecule has 0 fully saturated rings. The molecule has 144 valence electrons. The standard InChI is InChI=1S/C19H21N7O2/c1-13-23-16(12-17(24-13)25-15-7-3-4-8-20-15)21-9-10-22-18(27)14-6-5-11-26(2)19(14)28/h3-8,11-12H,9-10H2,1-2H3,(H,22,27)(H2,20,21,23,24,25). The Morgan fingerprint density at radius 1 is 1.07 bits per heavy atom. The zero-order valence-electron chi connectivity index (χ0n) is 15.6. The fourth-order valence-corrected chi connectivity index (χ4v) is 2.52. The number of nitrogens with zero attached hydrogens (tertiary/aromatic N) is 4. The largest absolute Gasteiger partial charge is 0.368 e. The van der Waals surface area contributed by atoms with E-state index in [4.69, 9.17) is 0 Å². The molecule has 9 heteroatoms. The Kier molecular flexibility index (Phi) is 5.95. The smallest absolute Gasteiger partial charge is 0.263 e. The summed E-state index contributed by atoms with van der Waals surface area (Å²) in [5.41, 5.74) is -0.214. The van der Waals surface area contributed by atoms with E-state index in [0.29, 0.717) is 36.4 Å². The fourth-order valence-electron chi connectivity index (χ4n) is 2.52. The van der Waals surface area contributed by atoms with Crippen LogP contribution in [-0.4, -0.2) is 38.5 Å². The Hall–Kier alpha value is -3.75. The summed E-state index contributed by atoms with van der Waals surface area (Å²) in [4.78, 5) is 37.0. The number of pyridine rings is 2. The molecule has 3 aromatic heterocycles.